The van der Waals surface area contributed by atoms with E-state index in [1.54, 1.807) is 18.2 Å². The van der Waals surface area contributed by atoms with Crippen molar-refractivity contribution in [3.8, 4) is 0 Å². The molecule has 0 aliphatic heterocycles. The molecule has 0 saturated heterocycles. The largest absolute Gasteiger partial charge is 0.207 e. The molecule has 0 nitrogen and oxygen atoms in total. The zero-order valence-electron chi connectivity index (χ0n) is 9.74. The summed E-state index contributed by atoms with van der Waals surface area (Å²) in [6, 6.07) is 13.2. The Hall–Kier alpha value is -1.22. The molecule has 0 saturated carbocycles. The molecule has 0 fully saturated rings. The third-order valence-corrected chi connectivity index (χ3v) is 3.71. The summed E-state index contributed by atoms with van der Waals surface area (Å²) in [5.74, 6) is -0.399. The number of alkyl halides is 1. The average Bonchev–Trinajstić information content (AvgIpc) is 2.38. The molecule has 3 heteroatoms. The van der Waals surface area contributed by atoms with Crippen molar-refractivity contribution >= 4 is 15.9 Å². The van der Waals surface area contributed by atoms with E-state index >= 15 is 0 Å². The molecule has 1 unspecified atom stereocenters. The predicted molar refractivity (Wildman–Crippen MR) is 73.0 cm³/mol. The van der Waals surface area contributed by atoms with Gasteiger partial charge in [0.2, 0.25) is 0 Å². The molecule has 0 heterocycles. The van der Waals surface area contributed by atoms with Crippen molar-refractivity contribution in [2.24, 2.45) is 0 Å². The average molecular weight is 311 g/mol. The van der Waals surface area contributed by atoms with Gasteiger partial charge in [0.25, 0.3) is 0 Å². The summed E-state index contributed by atoms with van der Waals surface area (Å²) >= 11 is 3.41. The van der Waals surface area contributed by atoms with E-state index < -0.39 is 0 Å². The Balaban J connectivity index is 2.23. The van der Waals surface area contributed by atoms with E-state index in [-0.39, 0.29) is 17.6 Å². The maximum absolute atomic E-state index is 13.6. The second-order valence-electron chi connectivity index (χ2n) is 4.20. The quantitative estimate of drug-likeness (QED) is 0.719. The van der Waals surface area contributed by atoms with Crippen LogP contribution in [-0.4, -0.2) is 5.33 Å². The SMILES string of the molecule is Fc1cccc(C(CBr)Cc2ccccc2F)c1. The van der Waals surface area contributed by atoms with E-state index in [1.165, 1.54) is 18.2 Å². The van der Waals surface area contributed by atoms with Crippen LogP contribution in [0.15, 0.2) is 48.5 Å². The summed E-state index contributed by atoms with van der Waals surface area (Å²) in [6.07, 6.45) is 0.557. The summed E-state index contributed by atoms with van der Waals surface area (Å²) in [7, 11) is 0. The highest BCUT2D eigenvalue weighted by molar-refractivity contribution is 9.09. The van der Waals surface area contributed by atoms with Gasteiger partial charge in [0.1, 0.15) is 11.6 Å². The van der Waals surface area contributed by atoms with Crippen LogP contribution in [0.3, 0.4) is 0 Å². The smallest absolute Gasteiger partial charge is 0.126 e. The third-order valence-electron chi connectivity index (χ3n) is 2.93. The van der Waals surface area contributed by atoms with Crippen LogP contribution < -0.4 is 0 Å². The van der Waals surface area contributed by atoms with Gasteiger partial charge in [-0.25, -0.2) is 8.78 Å². The van der Waals surface area contributed by atoms with Crippen molar-refractivity contribution in [2.45, 2.75) is 12.3 Å². The Kier molecular flexibility index (Phi) is 4.48. The first kappa shape index (κ1) is 13.2. The van der Waals surface area contributed by atoms with Crippen molar-refractivity contribution in [3.05, 3.63) is 71.3 Å². The van der Waals surface area contributed by atoms with Crippen LogP contribution in [0.4, 0.5) is 8.78 Å². The molecule has 2 rings (SSSR count). The maximum Gasteiger partial charge on any atom is 0.126 e. The minimum atomic E-state index is -0.257. The lowest BCUT2D eigenvalue weighted by molar-refractivity contribution is 0.596. The normalized spacial score (nSPS) is 12.4. The highest BCUT2D eigenvalue weighted by Crippen LogP contribution is 2.24. The van der Waals surface area contributed by atoms with E-state index in [9.17, 15) is 8.78 Å². The molecule has 0 radical (unpaired) electrons. The minimum Gasteiger partial charge on any atom is -0.207 e. The Morgan fingerprint density at radius 2 is 1.78 bits per heavy atom. The Labute approximate surface area is 114 Å². The molecule has 0 amide bonds. The van der Waals surface area contributed by atoms with E-state index in [1.807, 2.05) is 12.1 Å². The van der Waals surface area contributed by atoms with Gasteiger partial charge in [-0.15, -0.1) is 0 Å². The first-order valence-corrected chi connectivity index (χ1v) is 6.87. The summed E-state index contributed by atoms with van der Waals surface area (Å²) in [4.78, 5) is 0. The van der Waals surface area contributed by atoms with Crippen LogP contribution in [-0.2, 0) is 6.42 Å². The predicted octanol–water partition coefficient (Wildman–Crippen LogP) is 4.69. The fourth-order valence-electron chi connectivity index (χ4n) is 1.95. The van der Waals surface area contributed by atoms with E-state index in [0.717, 1.165) is 5.56 Å². The Morgan fingerprint density at radius 1 is 1.00 bits per heavy atom. The number of rotatable bonds is 4. The second-order valence-corrected chi connectivity index (χ2v) is 4.85. The first-order chi connectivity index (χ1) is 8.70. The highest BCUT2D eigenvalue weighted by Gasteiger charge is 2.13. The Morgan fingerprint density at radius 3 is 2.44 bits per heavy atom. The van der Waals surface area contributed by atoms with Crippen LogP contribution >= 0.6 is 15.9 Å². The zero-order valence-corrected chi connectivity index (χ0v) is 11.3. The summed E-state index contributed by atoms with van der Waals surface area (Å²) < 4.78 is 26.8. The zero-order chi connectivity index (χ0) is 13.0. The van der Waals surface area contributed by atoms with Crippen molar-refractivity contribution in [3.63, 3.8) is 0 Å². The summed E-state index contributed by atoms with van der Waals surface area (Å²) in [5.41, 5.74) is 1.54. The van der Waals surface area contributed by atoms with Gasteiger partial charge in [-0.3, -0.25) is 0 Å². The van der Waals surface area contributed by atoms with Gasteiger partial charge in [0.15, 0.2) is 0 Å². The minimum absolute atomic E-state index is 0.0672. The molecule has 2 aromatic rings. The number of halogens is 3. The van der Waals surface area contributed by atoms with Gasteiger partial charge in [0, 0.05) is 5.33 Å². The molecule has 0 N–H and O–H groups in total. The standard InChI is InChI=1S/C15H13BrF2/c16-10-13(11-5-3-6-14(17)9-11)8-12-4-1-2-7-15(12)18/h1-7,9,13H,8,10H2. The van der Waals surface area contributed by atoms with Gasteiger partial charge in [0.05, 0.1) is 0 Å². The van der Waals surface area contributed by atoms with E-state index in [0.29, 0.717) is 17.3 Å². The lowest BCUT2D eigenvalue weighted by Crippen LogP contribution is -2.06. The van der Waals surface area contributed by atoms with E-state index in [2.05, 4.69) is 15.9 Å². The van der Waals surface area contributed by atoms with Gasteiger partial charge >= 0.3 is 0 Å². The fraction of sp³-hybridized carbons (Fsp3) is 0.200. The molecule has 0 spiro atoms. The number of benzene rings is 2. The molecular formula is C15H13BrF2. The molecule has 18 heavy (non-hydrogen) atoms. The molecule has 0 bridgehead atoms. The van der Waals surface area contributed by atoms with E-state index in [4.69, 9.17) is 0 Å². The van der Waals surface area contributed by atoms with Crippen LogP contribution in [0.2, 0.25) is 0 Å². The van der Waals surface area contributed by atoms with Crippen LogP contribution in [0.1, 0.15) is 17.0 Å². The molecule has 1 atom stereocenters. The fourth-order valence-corrected chi connectivity index (χ4v) is 2.55. The van der Waals surface area contributed by atoms with Crippen molar-refractivity contribution in [2.75, 3.05) is 5.33 Å². The second kappa shape index (κ2) is 6.10. The molecule has 0 aliphatic rings. The monoisotopic (exact) mass is 310 g/mol. The topological polar surface area (TPSA) is 0 Å². The van der Waals surface area contributed by atoms with Gasteiger partial charge in [-0.1, -0.05) is 46.3 Å². The molecule has 94 valence electrons. The van der Waals surface area contributed by atoms with Gasteiger partial charge in [-0.2, -0.15) is 0 Å². The number of hydrogen-bond acceptors (Lipinski definition) is 0. The third kappa shape index (κ3) is 3.16. The maximum atomic E-state index is 13.6. The number of hydrogen-bond donors (Lipinski definition) is 0. The Bertz CT molecular complexity index is 525. The molecular weight excluding hydrogens is 298 g/mol. The molecule has 0 aromatic heterocycles. The molecule has 2 aromatic carbocycles. The van der Waals surface area contributed by atoms with Crippen molar-refractivity contribution in [1.29, 1.82) is 0 Å². The lowest BCUT2D eigenvalue weighted by atomic mass is 9.93. The van der Waals surface area contributed by atoms with Crippen molar-refractivity contribution in [1.82, 2.24) is 0 Å². The van der Waals surface area contributed by atoms with Crippen molar-refractivity contribution < 1.29 is 8.78 Å². The van der Waals surface area contributed by atoms with Gasteiger partial charge < -0.3 is 0 Å². The van der Waals surface area contributed by atoms with Crippen LogP contribution in [0.5, 0.6) is 0 Å². The van der Waals surface area contributed by atoms with Crippen LogP contribution in [0.25, 0.3) is 0 Å². The van der Waals surface area contributed by atoms with Crippen LogP contribution in [0, 0.1) is 11.6 Å². The highest BCUT2D eigenvalue weighted by atomic mass is 79.9. The first-order valence-electron chi connectivity index (χ1n) is 5.75. The molecule has 0 aliphatic carbocycles. The lowest BCUT2D eigenvalue weighted by Gasteiger charge is -2.15. The van der Waals surface area contributed by atoms with Gasteiger partial charge in [-0.05, 0) is 41.7 Å². The summed E-state index contributed by atoms with van der Waals surface area (Å²) in [6.45, 7) is 0. The summed E-state index contributed by atoms with van der Waals surface area (Å²) in [5, 5.41) is 0.671.